The van der Waals surface area contributed by atoms with Crippen LogP contribution < -0.4 is 21.9 Å². The van der Waals surface area contributed by atoms with Crippen LogP contribution >= 0.6 is 0 Å². The molecule has 5 N–H and O–H groups in total. The highest BCUT2D eigenvalue weighted by atomic mass is 16.6. The molecule has 0 saturated heterocycles. The van der Waals surface area contributed by atoms with E-state index in [1.165, 1.54) is 12.1 Å². The van der Waals surface area contributed by atoms with Gasteiger partial charge in [0.2, 0.25) is 0 Å². The Bertz CT molecular complexity index is 586. The van der Waals surface area contributed by atoms with Crippen molar-refractivity contribution >= 4 is 22.7 Å². The highest BCUT2D eigenvalue weighted by Crippen LogP contribution is 2.19. The first kappa shape index (κ1) is 13.6. The highest BCUT2D eigenvalue weighted by molar-refractivity contribution is 5.68. The number of para-hydroxylation sites is 2. The maximum absolute atomic E-state index is 10.5. The van der Waals surface area contributed by atoms with Gasteiger partial charge in [0.1, 0.15) is 0 Å². The zero-order valence-corrected chi connectivity index (χ0v) is 10.7. The van der Waals surface area contributed by atoms with E-state index < -0.39 is 4.92 Å². The summed E-state index contributed by atoms with van der Waals surface area (Å²) in [6.45, 7) is 0.469. The lowest BCUT2D eigenvalue weighted by Crippen LogP contribution is -2.15. The normalized spacial score (nSPS) is 9.85. The molecule has 104 valence electrons. The molecule has 0 aliphatic carbocycles. The van der Waals surface area contributed by atoms with Crippen LogP contribution in [0.1, 0.15) is 0 Å². The van der Waals surface area contributed by atoms with Crippen LogP contribution in [0, 0.1) is 10.1 Å². The molecule has 0 aliphatic rings. The van der Waals surface area contributed by atoms with Gasteiger partial charge in [0.15, 0.2) is 0 Å². The minimum Gasteiger partial charge on any atom is -0.368 e. The molecule has 2 aromatic rings. The van der Waals surface area contributed by atoms with Crippen molar-refractivity contribution in [2.45, 2.75) is 0 Å². The summed E-state index contributed by atoms with van der Waals surface area (Å²) in [6, 6.07) is 13.8. The highest BCUT2D eigenvalue weighted by Gasteiger charge is 2.03. The third kappa shape index (κ3) is 3.36. The van der Waals surface area contributed by atoms with Gasteiger partial charge in [0, 0.05) is 17.8 Å². The smallest absolute Gasteiger partial charge is 0.269 e. The Balaban J connectivity index is 1.91. The number of non-ortho nitro benzene ring substituents is 1. The van der Waals surface area contributed by atoms with E-state index in [0.29, 0.717) is 6.67 Å². The van der Waals surface area contributed by atoms with Crippen LogP contribution in [-0.4, -0.2) is 11.6 Å². The number of hydrogen-bond donors (Lipinski definition) is 4. The first-order valence-corrected chi connectivity index (χ1v) is 5.98. The Kier molecular flexibility index (Phi) is 4.35. The molecule has 0 spiro atoms. The maximum Gasteiger partial charge on any atom is 0.269 e. The molecule has 0 bridgehead atoms. The number of hydrazine groups is 1. The van der Waals surface area contributed by atoms with Crippen LogP contribution in [0.5, 0.6) is 0 Å². The summed E-state index contributed by atoms with van der Waals surface area (Å²) >= 11 is 0. The molecule has 7 heteroatoms. The third-order valence-electron chi connectivity index (χ3n) is 2.73. The van der Waals surface area contributed by atoms with E-state index in [4.69, 9.17) is 5.84 Å². The Labute approximate surface area is 115 Å². The summed E-state index contributed by atoms with van der Waals surface area (Å²) in [5.74, 6) is 5.40. The molecule has 0 radical (unpaired) electrons. The lowest BCUT2D eigenvalue weighted by Gasteiger charge is -2.12. The number of nitrogens with one attached hydrogen (secondary N) is 3. The average Bonchev–Trinajstić information content (AvgIpc) is 2.48. The second-order valence-electron chi connectivity index (χ2n) is 4.02. The van der Waals surface area contributed by atoms with E-state index in [-0.39, 0.29) is 5.69 Å². The Hall–Kier alpha value is -2.80. The summed E-state index contributed by atoms with van der Waals surface area (Å²) in [7, 11) is 0. The number of rotatable bonds is 6. The van der Waals surface area contributed by atoms with Crippen LogP contribution in [0.2, 0.25) is 0 Å². The quantitative estimate of drug-likeness (QED) is 0.279. The number of nitro benzene ring substituents is 1. The molecule has 0 fully saturated rings. The summed E-state index contributed by atoms with van der Waals surface area (Å²) in [5.41, 5.74) is 5.12. The van der Waals surface area contributed by atoms with Gasteiger partial charge >= 0.3 is 0 Å². The molecule has 0 unspecified atom stereocenters. The number of anilines is 3. The summed E-state index contributed by atoms with van der Waals surface area (Å²) in [4.78, 5) is 10.1. The monoisotopic (exact) mass is 273 g/mol. The fraction of sp³-hybridized carbons (Fsp3) is 0.0769. The summed E-state index contributed by atoms with van der Waals surface area (Å²) in [5, 5.41) is 16.8. The van der Waals surface area contributed by atoms with Gasteiger partial charge in [-0.25, -0.2) is 0 Å². The fourth-order valence-electron chi connectivity index (χ4n) is 1.71. The predicted octanol–water partition coefficient (Wildman–Crippen LogP) is 2.36. The van der Waals surface area contributed by atoms with Crippen molar-refractivity contribution in [3.63, 3.8) is 0 Å². The van der Waals surface area contributed by atoms with Gasteiger partial charge in [-0.15, -0.1) is 0 Å². The molecular weight excluding hydrogens is 258 g/mol. The Morgan fingerprint density at radius 1 is 1.00 bits per heavy atom. The van der Waals surface area contributed by atoms with Crippen molar-refractivity contribution in [1.82, 2.24) is 0 Å². The van der Waals surface area contributed by atoms with Crippen LogP contribution in [0.25, 0.3) is 0 Å². The van der Waals surface area contributed by atoms with Crippen molar-refractivity contribution in [3.8, 4) is 0 Å². The Morgan fingerprint density at radius 3 is 2.25 bits per heavy atom. The van der Waals surface area contributed by atoms with Crippen molar-refractivity contribution < 1.29 is 4.92 Å². The van der Waals surface area contributed by atoms with E-state index in [9.17, 15) is 10.1 Å². The van der Waals surface area contributed by atoms with Gasteiger partial charge in [-0.05, 0) is 24.3 Å². The molecule has 0 aliphatic heterocycles. The van der Waals surface area contributed by atoms with Gasteiger partial charge in [-0.1, -0.05) is 12.1 Å². The Morgan fingerprint density at radius 2 is 1.65 bits per heavy atom. The van der Waals surface area contributed by atoms with Gasteiger partial charge < -0.3 is 16.1 Å². The second kappa shape index (κ2) is 6.39. The number of benzene rings is 2. The molecule has 0 aromatic heterocycles. The third-order valence-corrected chi connectivity index (χ3v) is 2.73. The van der Waals surface area contributed by atoms with E-state index in [1.807, 2.05) is 24.3 Å². The lowest BCUT2D eigenvalue weighted by molar-refractivity contribution is -0.384. The molecule has 0 saturated carbocycles. The molecule has 0 heterocycles. The zero-order valence-electron chi connectivity index (χ0n) is 10.7. The lowest BCUT2D eigenvalue weighted by atomic mass is 10.2. The number of nitrogens with zero attached hydrogens (tertiary/aromatic N) is 1. The number of nitrogens with two attached hydrogens (primary N) is 1. The molecule has 20 heavy (non-hydrogen) atoms. The van der Waals surface area contributed by atoms with Gasteiger partial charge in [-0.3, -0.25) is 16.0 Å². The largest absolute Gasteiger partial charge is 0.368 e. The number of nitro groups is 1. The van der Waals surface area contributed by atoms with E-state index >= 15 is 0 Å². The average molecular weight is 273 g/mol. The molecule has 7 nitrogen and oxygen atoms in total. The van der Waals surface area contributed by atoms with Crippen LogP contribution in [0.4, 0.5) is 22.7 Å². The second-order valence-corrected chi connectivity index (χ2v) is 4.02. The van der Waals surface area contributed by atoms with Crippen molar-refractivity contribution in [2.75, 3.05) is 22.7 Å². The SMILES string of the molecule is NNc1ccccc1NCNc1ccc([N+](=O)[O-])cc1. The van der Waals surface area contributed by atoms with Crippen molar-refractivity contribution in [2.24, 2.45) is 5.84 Å². The van der Waals surface area contributed by atoms with Crippen molar-refractivity contribution in [3.05, 3.63) is 58.6 Å². The molecule has 0 atom stereocenters. The van der Waals surface area contributed by atoms with E-state index in [1.54, 1.807) is 12.1 Å². The molecular formula is C13H15N5O2. The minimum atomic E-state index is -0.425. The standard InChI is InChI=1S/C13H15N5O2/c14-17-13-4-2-1-3-12(13)16-9-15-10-5-7-11(8-6-10)18(19)20/h1-8,15-17H,9,14H2. The molecule has 0 amide bonds. The van der Waals surface area contributed by atoms with Gasteiger partial charge in [0.05, 0.1) is 23.0 Å². The van der Waals surface area contributed by atoms with Crippen LogP contribution in [0.3, 0.4) is 0 Å². The zero-order chi connectivity index (χ0) is 14.4. The minimum absolute atomic E-state index is 0.0705. The maximum atomic E-state index is 10.5. The topological polar surface area (TPSA) is 105 Å². The number of nitrogen functional groups attached to an aromatic ring is 1. The van der Waals surface area contributed by atoms with Crippen LogP contribution in [0.15, 0.2) is 48.5 Å². The predicted molar refractivity (Wildman–Crippen MR) is 79.5 cm³/mol. The van der Waals surface area contributed by atoms with Gasteiger partial charge in [0.25, 0.3) is 5.69 Å². The first-order valence-electron chi connectivity index (χ1n) is 5.98. The van der Waals surface area contributed by atoms with E-state index in [2.05, 4.69) is 16.1 Å². The first-order chi connectivity index (χ1) is 9.70. The van der Waals surface area contributed by atoms with Crippen LogP contribution in [-0.2, 0) is 0 Å². The summed E-state index contributed by atoms with van der Waals surface area (Å²) in [6.07, 6.45) is 0. The van der Waals surface area contributed by atoms with Gasteiger partial charge in [-0.2, -0.15) is 0 Å². The number of hydrogen-bond acceptors (Lipinski definition) is 6. The van der Waals surface area contributed by atoms with Crippen molar-refractivity contribution in [1.29, 1.82) is 0 Å². The fourth-order valence-corrected chi connectivity index (χ4v) is 1.71. The molecule has 2 aromatic carbocycles. The summed E-state index contributed by atoms with van der Waals surface area (Å²) < 4.78 is 0. The van der Waals surface area contributed by atoms with E-state index in [0.717, 1.165) is 17.1 Å². The molecule has 2 rings (SSSR count).